The maximum atomic E-state index is 11.8. The van der Waals surface area contributed by atoms with Crippen molar-refractivity contribution in [3.05, 3.63) is 22.3 Å². The molecular weight excluding hydrogens is 374 g/mol. The van der Waals surface area contributed by atoms with Gasteiger partial charge in [-0.05, 0) is 22.0 Å². The molecule has 0 atom stereocenters. The average molecular weight is 390 g/mol. The molecule has 9 heteroatoms. The number of ether oxygens (including phenoxy) is 4. The summed E-state index contributed by atoms with van der Waals surface area (Å²) in [6.45, 7) is 2.75. The van der Waals surface area contributed by atoms with Gasteiger partial charge in [0.2, 0.25) is 5.88 Å². The molecule has 0 aliphatic rings. The van der Waals surface area contributed by atoms with Gasteiger partial charge in [0.25, 0.3) is 0 Å². The monoisotopic (exact) mass is 389 g/mol. The lowest BCUT2D eigenvalue weighted by molar-refractivity contribution is -0.142. The zero-order chi connectivity index (χ0) is 17.2. The van der Waals surface area contributed by atoms with Gasteiger partial charge in [0.1, 0.15) is 26.4 Å². The van der Waals surface area contributed by atoms with Crippen molar-refractivity contribution in [1.82, 2.24) is 4.98 Å². The van der Waals surface area contributed by atoms with E-state index in [9.17, 15) is 14.4 Å². The van der Waals surface area contributed by atoms with Crippen LogP contribution in [0.3, 0.4) is 0 Å². The smallest absolute Gasteiger partial charge is 0.339 e. The molecular formula is C14H16BrNO7. The highest BCUT2D eigenvalue weighted by Crippen LogP contribution is 2.23. The lowest BCUT2D eigenvalue weighted by Gasteiger charge is -2.09. The molecule has 0 fully saturated rings. The first-order chi connectivity index (χ1) is 10.9. The SMILES string of the molecule is CC(=O)OCCOC(=O)c1cnc(OCCOC(C)=O)c(Br)c1. The Labute approximate surface area is 141 Å². The Kier molecular flexibility index (Phi) is 8.03. The maximum Gasteiger partial charge on any atom is 0.339 e. The number of pyridine rings is 1. The molecule has 0 aliphatic carbocycles. The summed E-state index contributed by atoms with van der Waals surface area (Å²) < 4.78 is 20.0. The highest BCUT2D eigenvalue weighted by atomic mass is 79.9. The molecule has 0 amide bonds. The average Bonchev–Trinajstić information content (AvgIpc) is 2.48. The van der Waals surface area contributed by atoms with Crippen molar-refractivity contribution < 1.29 is 33.3 Å². The van der Waals surface area contributed by atoms with Crippen LogP contribution in [0.2, 0.25) is 0 Å². The number of rotatable bonds is 8. The van der Waals surface area contributed by atoms with E-state index in [2.05, 4.69) is 25.7 Å². The van der Waals surface area contributed by atoms with E-state index in [0.717, 1.165) is 0 Å². The largest absolute Gasteiger partial charge is 0.473 e. The quantitative estimate of drug-likeness (QED) is 0.374. The van der Waals surface area contributed by atoms with Crippen molar-refractivity contribution in [3.63, 3.8) is 0 Å². The molecule has 0 unspecified atom stereocenters. The molecule has 0 aromatic carbocycles. The third-order valence-corrected chi connectivity index (χ3v) is 2.86. The van der Waals surface area contributed by atoms with Gasteiger partial charge in [0.15, 0.2) is 0 Å². The number of carbonyl (C=O) groups is 3. The maximum absolute atomic E-state index is 11.8. The number of halogens is 1. The van der Waals surface area contributed by atoms with Crippen molar-refractivity contribution in [2.24, 2.45) is 0 Å². The predicted molar refractivity (Wildman–Crippen MR) is 81.0 cm³/mol. The fourth-order valence-electron chi connectivity index (χ4n) is 1.37. The molecule has 0 N–H and O–H groups in total. The van der Waals surface area contributed by atoms with Crippen LogP contribution in [0, 0.1) is 0 Å². The molecule has 1 rings (SSSR count). The van der Waals surface area contributed by atoms with Crippen molar-refractivity contribution >= 4 is 33.8 Å². The second-order valence-electron chi connectivity index (χ2n) is 4.18. The number of esters is 3. The minimum Gasteiger partial charge on any atom is -0.473 e. The van der Waals surface area contributed by atoms with Crippen LogP contribution in [-0.2, 0) is 23.8 Å². The minimum atomic E-state index is -0.600. The number of aromatic nitrogens is 1. The first-order valence-corrected chi connectivity index (χ1v) is 7.41. The predicted octanol–water partition coefficient (Wildman–Crippen LogP) is 1.51. The van der Waals surface area contributed by atoms with Crippen molar-refractivity contribution in [2.75, 3.05) is 26.4 Å². The summed E-state index contributed by atoms with van der Waals surface area (Å²) in [5.41, 5.74) is 0.215. The summed E-state index contributed by atoms with van der Waals surface area (Å²) in [6, 6.07) is 1.49. The van der Waals surface area contributed by atoms with E-state index >= 15 is 0 Å². The van der Waals surface area contributed by atoms with Gasteiger partial charge in [-0.3, -0.25) is 9.59 Å². The van der Waals surface area contributed by atoms with Gasteiger partial charge in [0.05, 0.1) is 10.0 Å². The van der Waals surface area contributed by atoms with Gasteiger partial charge in [0, 0.05) is 20.0 Å². The third kappa shape index (κ3) is 7.59. The summed E-state index contributed by atoms with van der Waals surface area (Å²) in [6.07, 6.45) is 1.29. The highest BCUT2D eigenvalue weighted by molar-refractivity contribution is 9.10. The van der Waals surface area contributed by atoms with E-state index in [1.165, 1.54) is 26.1 Å². The summed E-state index contributed by atoms with van der Waals surface area (Å²) in [5, 5.41) is 0. The fraction of sp³-hybridized carbons (Fsp3) is 0.429. The second kappa shape index (κ2) is 9.78. The molecule has 0 bridgehead atoms. The highest BCUT2D eigenvalue weighted by Gasteiger charge is 2.12. The van der Waals surface area contributed by atoms with Gasteiger partial charge in [-0.25, -0.2) is 9.78 Å². The molecule has 0 saturated carbocycles. The topological polar surface area (TPSA) is 101 Å². The van der Waals surface area contributed by atoms with Gasteiger partial charge >= 0.3 is 17.9 Å². The Balaban J connectivity index is 2.46. The van der Waals surface area contributed by atoms with Crippen LogP contribution in [0.5, 0.6) is 5.88 Å². The zero-order valence-electron chi connectivity index (χ0n) is 12.7. The Bertz CT molecular complexity index is 576. The van der Waals surface area contributed by atoms with E-state index < -0.39 is 17.9 Å². The standard InChI is InChI=1S/C14H16BrNO7/c1-9(17)20-3-5-22-13-12(15)7-11(8-16-13)14(19)23-6-4-21-10(2)18/h7-8H,3-6H2,1-2H3. The number of hydrogen-bond acceptors (Lipinski definition) is 8. The molecule has 0 saturated heterocycles. The summed E-state index contributed by atoms with van der Waals surface area (Å²) >= 11 is 3.23. The lowest BCUT2D eigenvalue weighted by Crippen LogP contribution is -2.13. The zero-order valence-corrected chi connectivity index (χ0v) is 14.3. The van der Waals surface area contributed by atoms with Crippen molar-refractivity contribution in [1.29, 1.82) is 0 Å². The second-order valence-corrected chi connectivity index (χ2v) is 5.03. The Morgan fingerprint density at radius 1 is 1.00 bits per heavy atom. The van der Waals surface area contributed by atoms with Gasteiger partial charge in [-0.1, -0.05) is 0 Å². The number of hydrogen-bond donors (Lipinski definition) is 0. The number of nitrogens with zero attached hydrogens (tertiary/aromatic N) is 1. The first kappa shape index (κ1) is 18.9. The van der Waals surface area contributed by atoms with E-state index in [-0.39, 0.29) is 37.9 Å². The van der Waals surface area contributed by atoms with Crippen LogP contribution >= 0.6 is 15.9 Å². The Hall–Kier alpha value is -2.16. The summed E-state index contributed by atoms with van der Waals surface area (Å²) in [4.78, 5) is 36.9. The molecule has 8 nitrogen and oxygen atoms in total. The van der Waals surface area contributed by atoms with E-state index in [1.54, 1.807) is 0 Å². The number of carbonyl (C=O) groups excluding carboxylic acids is 3. The molecule has 1 aromatic heterocycles. The van der Waals surface area contributed by atoms with Crippen LogP contribution in [0.4, 0.5) is 0 Å². The van der Waals surface area contributed by atoms with E-state index in [4.69, 9.17) is 14.2 Å². The van der Waals surface area contributed by atoms with Crippen LogP contribution in [0.1, 0.15) is 24.2 Å². The summed E-state index contributed by atoms with van der Waals surface area (Å²) in [7, 11) is 0. The fourth-order valence-corrected chi connectivity index (χ4v) is 1.83. The summed E-state index contributed by atoms with van der Waals surface area (Å²) in [5.74, 6) is -1.18. The van der Waals surface area contributed by atoms with E-state index in [1.807, 2.05) is 0 Å². The molecule has 1 aromatic rings. The molecule has 23 heavy (non-hydrogen) atoms. The van der Waals surface area contributed by atoms with Crippen LogP contribution in [0.25, 0.3) is 0 Å². The van der Waals surface area contributed by atoms with Crippen LogP contribution in [-0.4, -0.2) is 49.3 Å². The van der Waals surface area contributed by atoms with Gasteiger partial charge in [-0.15, -0.1) is 0 Å². The van der Waals surface area contributed by atoms with Crippen molar-refractivity contribution in [2.45, 2.75) is 13.8 Å². The third-order valence-electron chi connectivity index (χ3n) is 2.29. The lowest BCUT2D eigenvalue weighted by atomic mass is 10.3. The molecule has 0 aliphatic heterocycles. The van der Waals surface area contributed by atoms with Crippen molar-refractivity contribution in [3.8, 4) is 5.88 Å². The molecule has 126 valence electrons. The Morgan fingerprint density at radius 2 is 1.57 bits per heavy atom. The minimum absolute atomic E-state index is 0.00693. The van der Waals surface area contributed by atoms with Crippen LogP contribution in [0.15, 0.2) is 16.7 Å². The normalized spacial score (nSPS) is 9.87. The molecule has 0 spiro atoms. The Morgan fingerprint density at radius 3 is 2.13 bits per heavy atom. The van der Waals surface area contributed by atoms with Crippen LogP contribution < -0.4 is 4.74 Å². The van der Waals surface area contributed by atoms with Gasteiger partial charge < -0.3 is 18.9 Å². The molecule has 1 heterocycles. The first-order valence-electron chi connectivity index (χ1n) is 6.62. The van der Waals surface area contributed by atoms with Gasteiger partial charge in [-0.2, -0.15) is 0 Å². The molecule has 0 radical (unpaired) electrons. The van der Waals surface area contributed by atoms with E-state index in [0.29, 0.717) is 4.47 Å².